The molecular formula is C6H11NNiO5-2. The Kier molecular flexibility index (Phi) is 23.6. The molecule has 0 rings (SSSR count). The van der Waals surface area contributed by atoms with Crippen LogP contribution < -0.4 is 0 Å². The van der Waals surface area contributed by atoms with Crippen molar-refractivity contribution in [1.82, 2.24) is 0 Å². The van der Waals surface area contributed by atoms with Crippen LogP contribution in [-0.2, 0) is 24.9 Å². The summed E-state index contributed by atoms with van der Waals surface area (Å²) in [5, 5.41) is 22.5. The van der Waals surface area contributed by atoms with E-state index in [0.717, 1.165) is 0 Å². The number of carbonyl (C=O) groups is 2. The van der Waals surface area contributed by atoms with Crippen LogP contribution >= 0.6 is 0 Å². The third-order valence-corrected chi connectivity index (χ3v) is 0.392. The van der Waals surface area contributed by atoms with Crippen LogP contribution in [0.25, 0.3) is 0 Å². The van der Waals surface area contributed by atoms with Crippen LogP contribution in [0.4, 0.5) is 0 Å². The van der Waals surface area contributed by atoms with Gasteiger partial charge in [-0.15, -0.1) is 0 Å². The van der Waals surface area contributed by atoms with Crippen LogP contribution in [-0.4, -0.2) is 40.4 Å². The summed E-state index contributed by atoms with van der Waals surface area (Å²) in [4.78, 5) is 17.8. The minimum absolute atomic E-state index is 0.0833. The molecule has 0 aromatic heterocycles. The predicted molar refractivity (Wildman–Crippen MR) is 40.4 cm³/mol. The molecule has 0 fully saturated rings. The van der Waals surface area contributed by atoms with E-state index in [1.807, 2.05) is 0 Å². The number of rotatable bonds is 2. The average molecular weight is 236 g/mol. The molecule has 0 aromatic rings. The molecule has 0 saturated heterocycles. The van der Waals surface area contributed by atoms with Gasteiger partial charge in [0, 0.05) is 0 Å². The number of hydrogen-bond donors (Lipinski definition) is 3. The fraction of sp³-hybridized carbons (Fsp3) is 0.333. The van der Waals surface area contributed by atoms with Gasteiger partial charge in [0.1, 0.15) is 0 Å². The van der Waals surface area contributed by atoms with Crippen molar-refractivity contribution in [3.63, 3.8) is 0 Å². The van der Waals surface area contributed by atoms with Gasteiger partial charge < -0.3 is 10.2 Å². The summed E-state index contributed by atoms with van der Waals surface area (Å²) in [7, 11) is 0. The summed E-state index contributed by atoms with van der Waals surface area (Å²) >= 11 is 3.87. The van der Waals surface area contributed by atoms with Gasteiger partial charge in [-0.25, -0.2) is 0 Å². The molecule has 0 aliphatic heterocycles. The van der Waals surface area contributed by atoms with Crippen LogP contribution in [0.3, 0.4) is 0 Å². The zero-order chi connectivity index (χ0) is 11.3. The molecule has 0 bridgehead atoms. The first-order valence-electron chi connectivity index (χ1n) is 2.84. The molecule has 3 N–H and O–H groups in total. The fourth-order valence-corrected chi connectivity index (χ4v) is 0.130. The van der Waals surface area contributed by atoms with Crippen molar-refractivity contribution in [2.45, 2.75) is 0 Å². The van der Waals surface area contributed by atoms with E-state index < -0.39 is 11.9 Å². The third kappa shape index (κ3) is 1000. The second-order valence-corrected chi connectivity index (χ2v) is 1.65. The fourth-order valence-electron chi connectivity index (χ4n) is 0.0316. The van der Waals surface area contributed by atoms with E-state index in [1.54, 1.807) is 0 Å². The van der Waals surface area contributed by atoms with Gasteiger partial charge in [0.05, 0.1) is 0 Å². The summed E-state index contributed by atoms with van der Waals surface area (Å²) < 4.78 is 3.23. The van der Waals surface area contributed by atoms with Crippen molar-refractivity contribution in [3.05, 3.63) is 13.8 Å². The van der Waals surface area contributed by atoms with Crippen molar-refractivity contribution >= 4 is 11.9 Å². The quantitative estimate of drug-likeness (QED) is 0.443. The number of aliphatic carboxylic acids is 2. The first kappa shape index (κ1) is 17.9. The van der Waals surface area contributed by atoms with Gasteiger partial charge >= 0.3 is 37.6 Å². The number of hydrogen-bond acceptors (Lipinski definition) is 4. The third-order valence-electron chi connectivity index (χ3n) is 0.171. The number of carboxylic acids is 2. The second kappa shape index (κ2) is 17.1. The van der Waals surface area contributed by atoms with Crippen molar-refractivity contribution < 1.29 is 40.2 Å². The largest absolute Gasteiger partial charge is 0.503 e. The van der Waals surface area contributed by atoms with Crippen LogP contribution in [0.2, 0.25) is 0 Å². The van der Waals surface area contributed by atoms with E-state index in [0.29, 0.717) is 6.54 Å². The summed E-state index contributed by atoms with van der Waals surface area (Å²) in [5.41, 5.74) is 0. The van der Waals surface area contributed by atoms with Crippen molar-refractivity contribution in [1.29, 1.82) is 0 Å². The average Bonchev–Trinajstić information content (AvgIpc) is 1.86. The van der Waals surface area contributed by atoms with Gasteiger partial charge in [0.15, 0.2) is 11.9 Å². The first-order valence-corrected chi connectivity index (χ1v) is 3.28. The Hall–Kier alpha value is -1.07. The Morgan fingerprint density at radius 1 is 1.23 bits per heavy atom. The van der Waals surface area contributed by atoms with Gasteiger partial charge in [-0.05, 0) is 0 Å². The maximum Gasteiger partial charge on any atom is 0.161 e. The van der Waals surface area contributed by atoms with Gasteiger partial charge in [-0.2, -0.15) is 0 Å². The van der Waals surface area contributed by atoms with Crippen LogP contribution in [0.1, 0.15) is 0 Å². The summed E-state index contributed by atoms with van der Waals surface area (Å²) in [6.45, 7) is 5.60. The molecule has 0 unspecified atom stereocenters. The number of aliphatic hydroxyl groups is 1. The molecule has 82 valence electrons. The molecule has 0 aliphatic carbocycles. The van der Waals surface area contributed by atoms with Crippen LogP contribution in [0.15, 0.2) is 4.03 Å². The Morgan fingerprint density at radius 3 is 1.46 bits per heavy atom. The molecule has 0 aromatic carbocycles. The van der Waals surface area contributed by atoms with E-state index in [2.05, 4.69) is 33.1 Å². The maximum absolute atomic E-state index is 8.89. The first-order chi connectivity index (χ1) is 5.88. The van der Waals surface area contributed by atoms with E-state index in [9.17, 15) is 0 Å². The normalized spacial score (nSPS) is 6.69. The minimum atomic E-state index is -1.08. The van der Waals surface area contributed by atoms with E-state index >= 15 is 0 Å². The molecule has 0 heterocycles. The van der Waals surface area contributed by atoms with E-state index in [1.165, 1.54) is 0 Å². The van der Waals surface area contributed by atoms with Crippen LogP contribution in [0.5, 0.6) is 0 Å². The minimum Gasteiger partial charge on any atom is -0.503 e. The topological polar surface area (TPSA) is 107 Å². The summed E-state index contributed by atoms with van der Waals surface area (Å²) in [5.74, 6) is -2.17. The number of aliphatic hydroxyl groups excluding tert-OH is 1. The SMILES string of the molecule is OCC[N]=[Ni].[CH2-]C(=O)O.[CH2-]C(=O)O. The Labute approximate surface area is 83.7 Å². The van der Waals surface area contributed by atoms with Gasteiger partial charge in [0.2, 0.25) is 0 Å². The Bertz CT molecular complexity index is 130. The monoisotopic (exact) mass is 235 g/mol. The van der Waals surface area contributed by atoms with Gasteiger partial charge in [-0.1, -0.05) is 0 Å². The van der Waals surface area contributed by atoms with Crippen molar-refractivity contribution in [3.8, 4) is 0 Å². The molecule has 7 heteroatoms. The second-order valence-electron chi connectivity index (χ2n) is 1.33. The molecule has 0 radical (unpaired) electrons. The number of carboxylic acid groups (broad SMARTS) is 2. The molecule has 6 nitrogen and oxygen atoms in total. The summed E-state index contributed by atoms with van der Waals surface area (Å²) in [6, 6.07) is 0. The molecule has 13 heavy (non-hydrogen) atoms. The smallest absolute Gasteiger partial charge is 0.161 e. The molecule has 0 spiro atoms. The maximum atomic E-state index is 8.89. The van der Waals surface area contributed by atoms with Gasteiger partial charge in [0.25, 0.3) is 0 Å². The molecule has 0 aliphatic rings. The molecular weight excluding hydrogens is 225 g/mol. The van der Waals surface area contributed by atoms with Gasteiger partial charge in [-0.3, -0.25) is 23.4 Å². The Balaban J connectivity index is -0.000000117. The van der Waals surface area contributed by atoms with Crippen LogP contribution in [0, 0.1) is 13.8 Å². The standard InChI is InChI=1S/C2H5NO.2C2H3O2.Ni/c3-1-2-4;2*1-2(3)4;/h4H,1-2H2;2*1H2,(H,3,4);/q;2*-1;. The Morgan fingerprint density at radius 2 is 1.46 bits per heavy atom. The number of nitrogens with zero attached hydrogens (tertiary/aromatic N) is 1. The molecule has 0 amide bonds. The molecule has 0 atom stereocenters. The molecule has 0 saturated carbocycles. The van der Waals surface area contributed by atoms with E-state index in [4.69, 9.17) is 24.9 Å². The zero-order valence-electron chi connectivity index (χ0n) is 6.75. The van der Waals surface area contributed by atoms with Crippen molar-refractivity contribution in [2.24, 2.45) is 4.03 Å². The summed E-state index contributed by atoms with van der Waals surface area (Å²) in [6.07, 6.45) is 0. The zero-order valence-corrected chi connectivity index (χ0v) is 7.74. The van der Waals surface area contributed by atoms with Crippen molar-refractivity contribution in [2.75, 3.05) is 13.2 Å². The van der Waals surface area contributed by atoms with E-state index in [-0.39, 0.29) is 6.61 Å². The predicted octanol–water partition coefficient (Wildman–Crippen LogP) is -0.481.